The van der Waals surface area contributed by atoms with E-state index in [0.717, 1.165) is 11.3 Å². The van der Waals surface area contributed by atoms with Crippen molar-refractivity contribution in [2.45, 2.75) is 13.8 Å². The van der Waals surface area contributed by atoms with Crippen LogP contribution < -0.4 is 15.4 Å². The minimum absolute atomic E-state index is 0.219. The van der Waals surface area contributed by atoms with Gasteiger partial charge in [0.15, 0.2) is 5.11 Å². The lowest BCUT2D eigenvalue weighted by Crippen LogP contribution is -2.21. The van der Waals surface area contributed by atoms with Crippen molar-refractivity contribution in [3.05, 3.63) is 35.5 Å². The third-order valence-electron chi connectivity index (χ3n) is 2.51. The molecule has 0 radical (unpaired) electrons. The Morgan fingerprint density at radius 3 is 2.68 bits per heavy atom. The van der Waals surface area contributed by atoms with Gasteiger partial charge in [0.1, 0.15) is 11.4 Å². The summed E-state index contributed by atoms with van der Waals surface area (Å²) in [6, 6.07) is 7.60. The molecule has 1 heterocycles. The molecule has 0 aromatic heterocycles. The monoisotopic (exact) mass is 276 g/mol. The number of nitrogens with one attached hydrogen (secondary N) is 2. The van der Waals surface area contributed by atoms with Crippen LogP contribution in [0.3, 0.4) is 0 Å². The standard InChI is InChI=1S/C14H16N2O2S/c1-9(2)8-18-12-6-4-3-5-10(12)7-11-13(17)16-14(19)15-11/h3-7,9H,8H2,1-2H3,(H2,15,16,17,19)/b11-7-. The van der Waals surface area contributed by atoms with Gasteiger partial charge in [-0.3, -0.25) is 10.1 Å². The van der Waals surface area contributed by atoms with E-state index >= 15 is 0 Å². The van der Waals surface area contributed by atoms with Crippen LogP contribution in [0, 0.1) is 5.92 Å². The molecule has 1 fully saturated rings. The molecule has 0 atom stereocenters. The van der Waals surface area contributed by atoms with Crippen molar-refractivity contribution in [2.24, 2.45) is 5.92 Å². The van der Waals surface area contributed by atoms with Crippen molar-refractivity contribution >= 4 is 29.3 Å². The zero-order valence-electron chi connectivity index (χ0n) is 10.9. The largest absolute Gasteiger partial charge is 0.493 e. The van der Waals surface area contributed by atoms with Gasteiger partial charge in [-0.1, -0.05) is 32.0 Å². The molecule has 4 nitrogen and oxygen atoms in total. The fourth-order valence-electron chi connectivity index (χ4n) is 1.63. The van der Waals surface area contributed by atoms with Crippen molar-refractivity contribution in [3.63, 3.8) is 0 Å². The molecular formula is C14H16N2O2S. The third kappa shape index (κ3) is 3.54. The van der Waals surface area contributed by atoms with E-state index in [2.05, 4.69) is 24.5 Å². The van der Waals surface area contributed by atoms with Crippen molar-refractivity contribution in [2.75, 3.05) is 6.61 Å². The Balaban J connectivity index is 2.22. The van der Waals surface area contributed by atoms with E-state index in [-0.39, 0.29) is 5.91 Å². The topological polar surface area (TPSA) is 50.4 Å². The first kappa shape index (κ1) is 13.5. The van der Waals surface area contributed by atoms with Gasteiger partial charge in [0.05, 0.1) is 6.61 Å². The maximum Gasteiger partial charge on any atom is 0.273 e. The smallest absolute Gasteiger partial charge is 0.273 e. The Kier molecular flexibility index (Phi) is 4.16. The second-order valence-electron chi connectivity index (χ2n) is 4.71. The summed E-state index contributed by atoms with van der Waals surface area (Å²) < 4.78 is 5.73. The highest BCUT2D eigenvalue weighted by Crippen LogP contribution is 2.21. The molecular weight excluding hydrogens is 260 g/mol. The van der Waals surface area contributed by atoms with Gasteiger partial charge in [0.25, 0.3) is 5.91 Å². The lowest BCUT2D eigenvalue weighted by Gasteiger charge is -2.11. The van der Waals surface area contributed by atoms with Gasteiger partial charge < -0.3 is 10.1 Å². The molecule has 0 aliphatic carbocycles. The molecule has 0 spiro atoms. The summed E-state index contributed by atoms with van der Waals surface area (Å²) in [5.74, 6) is 0.987. The second-order valence-corrected chi connectivity index (χ2v) is 5.12. The lowest BCUT2D eigenvalue weighted by molar-refractivity contribution is -0.115. The van der Waals surface area contributed by atoms with Crippen LogP contribution in [0.5, 0.6) is 5.75 Å². The molecule has 0 unspecified atom stereocenters. The minimum atomic E-state index is -0.219. The summed E-state index contributed by atoms with van der Waals surface area (Å²) in [5, 5.41) is 5.68. The summed E-state index contributed by atoms with van der Waals surface area (Å²) in [6.45, 7) is 4.81. The molecule has 0 saturated carbocycles. The van der Waals surface area contributed by atoms with Crippen LogP contribution in [0.4, 0.5) is 0 Å². The van der Waals surface area contributed by atoms with Gasteiger partial charge in [-0.05, 0) is 30.3 Å². The first-order valence-electron chi connectivity index (χ1n) is 6.12. The van der Waals surface area contributed by atoms with Crippen LogP contribution in [-0.2, 0) is 4.79 Å². The Hall–Kier alpha value is -1.88. The molecule has 1 amide bonds. The number of hydrogen-bond donors (Lipinski definition) is 2. The summed E-state index contributed by atoms with van der Waals surface area (Å²) in [6.07, 6.45) is 1.74. The molecule has 1 aliphatic heterocycles. The fourth-order valence-corrected chi connectivity index (χ4v) is 1.83. The number of carbonyl (C=O) groups excluding carboxylic acids is 1. The van der Waals surface area contributed by atoms with Gasteiger partial charge in [0, 0.05) is 5.56 Å². The molecule has 19 heavy (non-hydrogen) atoms. The Morgan fingerprint density at radius 1 is 1.32 bits per heavy atom. The summed E-state index contributed by atoms with van der Waals surface area (Å²) in [7, 11) is 0. The average molecular weight is 276 g/mol. The van der Waals surface area contributed by atoms with E-state index in [4.69, 9.17) is 17.0 Å². The normalized spacial score (nSPS) is 16.7. The molecule has 0 bridgehead atoms. The maximum atomic E-state index is 11.6. The number of rotatable bonds is 4. The average Bonchev–Trinajstić information content (AvgIpc) is 2.67. The third-order valence-corrected chi connectivity index (χ3v) is 2.72. The van der Waals surface area contributed by atoms with Gasteiger partial charge in [0.2, 0.25) is 0 Å². The zero-order chi connectivity index (χ0) is 13.8. The van der Waals surface area contributed by atoms with Crippen LogP contribution >= 0.6 is 12.2 Å². The minimum Gasteiger partial charge on any atom is -0.493 e. The number of ether oxygens (including phenoxy) is 1. The fraction of sp³-hybridized carbons (Fsp3) is 0.286. The summed E-state index contributed by atoms with van der Waals surface area (Å²) in [4.78, 5) is 11.6. The molecule has 100 valence electrons. The molecule has 5 heteroatoms. The van der Waals surface area contributed by atoms with Crippen molar-refractivity contribution in [1.82, 2.24) is 10.6 Å². The van der Waals surface area contributed by atoms with Crippen molar-refractivity contribution in [1.29, 1.82) is 0 Å². The van der Waals surface area contributed by atoms with Crippen molar-refractivity contribution < 1.29 is 9.53 Å². The van der Waals surface area contributed by atoms with E-state index < -0.39 is 0 Å². The number of para-hydroxylation sites is 1. The quantitative estimate of drug-likeness (QED) is 0.653. The number of hydrogen-bond acceptors (Lipinski definition) is 3. The van der Waals surface area contributed by atoms with Gasteiger partial charge in [-0.2, -0.15) is 0 Å². The highest BCUT2D eigenvalue weighted by molar-refractivity contribution is 7.80. The Bertz CT molecular complexity index is 538. The van der Waals surface area contributed by atoms with E-state index in [1.165, 1.54) is 0 Å². The highest BCUT2D eigenvalue weighted by Gasteiger charge is 2.20. The Morgan fingerprint density at radius 2 is 2.05 bits per heavy atom. The van der Waals surface area contributed by atoms with E-state index in [1.54, 1.807) is 6.08 Å². The molecule has 1 aliphatic rings. The first-order chi connectivity index (χ1) is 9.06. The SMILES string of the molecule is CC(C)COc1ccccc1/C=C1\NC(=S)NC1=O. The second kappa shape index (κ2) is 5.84. The van der Waals surface area contributed by atoms with E-state index in [0.29, 0.717) is 23.3 Å². The molecule has 1 saturated heterocycles. The Labute approximate surface area is 117 Å². The van der Waals surface area contributed by atoms with Gasteiger partial charge in [-0.25, -0.2) is 0 Å². The van der Waals surface area contributed by atoms with Crippen LogP contribution in [-0.4, -0.2) is 17.6 Å². The van der Waals surface area contributed by atoms with Crippen LogP contribution in [0.15, 0.2) is 30.0 Å². The predicted octanol–water partition coefficient (Wildman–Crippen LogP) is 2.07. The number of benzene rings is 1. The number of thiocarbonyl (C=S) groups is 1. The van der Waals surface area contributed by atoms with Crippen LogP contribution in [0.1, 0.15) is 19.4 Å². The first-order valence-corrected chi connectivity index (χ1v) is 6.53. The summed E-state index contributed by atoms with van der Waals surface area (Å²) >= 11 is 4.89. The van der Waals surface area contributed by atoms with Gasteiger partial charge >= 0.3 is 0 Å². The number of amides is 1. The molecule has 2 N–H and O–H groups in total. The van der Waals surface area contributed by atoms with E-state index in [9.17, 15) is 4.79 Å². The molecule has 1 aromatic rings. The van der Waals surface area contributed by atoms with E-state index in [1.807, 2.05) is 24.3 Å². The lowest BCUT2D eigenvalue weighted by atomic mass is 10.1. The van der Waals surface area contributed by atoms with Crippen LogP contribution in [0.2, 0.25) is 0 Å². The molecule has 1 aromatic carbocycles. The maximum absolute atomic E-state index is 11.6. The van der Waals surface area contributed by atoms with Crippen LogP contribution in [0.25, 0.3) is 6.08 Å². The van der Waals surface area contributed by atoms with Gasteiger partial charge in [-0.15, -0.1) is 0 Å². The predicted molar refractivity (Wildman–Crippen MR) is 78.6 cm³/mol. The highest BCUT2D eigenvalue weighted by atomic mass is 32.1. The zero-order valence-corrected chi connectivity index (χ0v) is 11.7. The van der Waals surface area contributed by atoms with Crippen molar-refractivity contribution in [3.8, 4) is 5.75 Å². The molecule has 2 rings (SSSR count). The summed E-state index contributed by atoms with van der Waals surface area (Å²) in [5.41, 5.74) is 1.29. The number of carbonyl (C=O) groups is 1.